The van der Waals surface area contributed by atoms with Gasteiger partial charge in [0.2, 0.25) is 11.8 Å². The van der Waals surface area contributed by atoms with Crippen LogP contribution in [0.1, 0.15) is 20.3 Å². The third-order valence-electron chi connectivity index (χ3n) is 5.92. The predicted octanol–water partition coefficient (Wildman–Crippen LogP) is -5.83. The number of ether oxygens (including phenoxy) is 2. The lowest BCUT2D eigenvalue weighted by Gasteiger charge is -2.50. The number of primary amides is 1. The molecule has 15 heteroatoms. The number of nitrogens with two attached hydrogens (primary N) is 2. The van der Waals surface area contributed by atoms with Crippen LogP contribution in [0.2, 0.25) is 0 Å². The number of hydrogen-bond acceptors (Lipinski definition) is 12. The number of aliphatic carboxylic acids is 1. The van der Waals surface area contributed by atoms with E-state index >= 15 is 0 Å². The minimum atomic E-state index is -1.95. The summed E-state index contributed by atoms with van der Waals surface area (Å²) in [7, 11) is 0. The van der Waals surface area contributed by atoms with Crippen LogP contribution >= 0.6 is 0 Å². The molecular formula is C18H31N3O12. The van der Waals surface area contributed by atoms with Crippen molar-refractivity contribution in [2.45, 2.75) is 93.5 Å². The van der Waals surface area contributed by atoms with Crippen LogP contribution in [0.25, 0.3) is 0 Å². The molecule has 0 aliphatic carbocycles. The van der Waals surface area contributed by atoms with Crippen LogP contribution in [0.4, 0.5) is 0 Å². The van der Waals surface area contributed by atoms with Crippen LogP contribution in [0, 0.1) is 0 Å². The maximum Gasteiger partial charge on any atom is 0.327 e. The Bertz CT molecular complexity index is 740. The largest absolute Gasteiger partial charge is 0.480 e. The first kappa shape index (κ1) is 27.3. The number of carbonyl (C=O) groups excluding carboxylic acids is 2. The molecule has 0 radical (unpaired) electrons. The molecule has 0 aromatic carbocycles. The quantitative estimate of drug-likeness (QED) is 0.164. The Morgan fingerprint density at radius 3 is 1.94 bits per heavy atom. The molecule has 2 rings (SSSR count). The van der Waals surface area contributed by atoms with Gasteiger partial charge >= 0.3 is 5.97 Å². The second kappa shape index (κ2) is 10.5. The van der Waals surface area contributed by atoms with Crippen molar-refractivity contribution in [1.82, 2.24) is 4.90 Å². The van der Waals surface area contributed by atoms with Crippen LogP contribution in [-0.4, -0.2) is 132 Å². The molecular weight excluding hydrogens is 450 g/mol. The zero-order valence-electron chi connectivity index (χ0n) is 17.9. The smallest absolute Gasteiger partial charge is 0.327 e. The topological polar surface area (TPSA) is 267 Å². The monoisotopic (exact) mass is 481 g/mol. The third kappa shape index (κ3) is 5.42. The average Bonchev–Trinajstić information content (AvgIpc) is 2.73. The van der Waals surface area contributed by atoms with E-state index in [0.717, 1.165) is 6.92 Å². The van der Waals surface area contributed by atoms with Crippen molar-refractivity contribution in [1.29, 1.82) is 0 Å². The van der Waals surface area contributed by atoms with E-state index in [2.05, 4.69) is 0 Å². The van der Waals surface area contributed by atoms with Gasteiger partial charge in [0.15, 0.2) is 6.23 Å². The SMILES string of the molecule is CC(=O)N(C1O[C@H](C(O)C2O[C@@H](C)[C@@H](O)[C@@H](O)[C@@H]2O)[C@@H](O)[C@H](O)[C@H]1N)[C@@H](CC(N)=O)C(=O)O. The molecule has 11 N–H and O–H groups in total. The number of amides is 2. The van der Waals surface area contributed by atoms with Gasteiger partial charge in [-0.2, -0.15) is 0 Å². The standard InChI is InChI=1S/C18H31N3O12/c1-4-9(24)11(26)13(28)15(32-4)14(29)16-12(27)10(25)8(20)17(33-16)21(5(2)22)6(18(30)31)3-7(19)23/h4,6,8-17,24-29H,3,20H2,1-2H3,(H2,19,23)(H,30,31)/t4-,6-,8+,9+,10+,11+,12-,13-,14?,15?,16-,17?/m0/s1. The Hall–Kier alpha value is -1.95. The maximum atomic E-state index is 12.3. The summed E-state index contributed by atoms with van der Waals surface area (Å²) in [6.07, 6.45) is -17.8. The van der Waals surface area contributed by atoms with E-state index in [1.165, 1.54) is 6.92 Å². The fourth-order valence-corrected chi connectivity index (χ4v) is 4.08. The number of rotatable bonds is 7. The third-order valence-corrected chi connectivity index (χ3v) is 5.92. The highest BCUT2D eigenvalue weighted by Crippen LogP contribution is 2.31. The van der Waals surface area contributed by atoms with Crippen molar-refractivity contribution in [2.24, 2.45) is 11.5 Å². The number of hydrogen-bond donors (Lipinski definition) is 9. The van der Waals surface area contributed by atoms with Gasteiger partial charge in [0, 0.05) is 6.92 Å². The molecule has 2 heterocycles. The molecule has 190 valence electrons. The van der Waals surface area contributed by atoms with Gasteiger partial charge in [0.25, 0.3) is 0 Å². The normalized spacial score (nSPS) is 41.1. The number of carboxylic acids is 1. The van der Waals surface area contributed by atoms with E-state index in [9.17, 15) is 50.1 Å². The van der Waals surface area contributed by atoms with E-state index in [4.69, 9.17) is 20.9 Å². The molecule has 0 spiro atoms. The van der Waals surface area contributed by atoms with Crippen molar-refractivity contribution >= 4 is 17.8 Å². The molecule has 2 aliphatic heterocycles. The van der Waals surface area contributed by atoms with Gasteiger partial charge in [0.05, 0.1) is 18.6 Å². The minimum absolute atomic E-state index is 0.548. The zero-order valence-corrected chi connectivity index (χ0v) is 17.9. The Labute approximate surface area is 188 Å². The highest BCUT2D eigenvalue weighted by molar-refractivity contribution is 5.87. The lowest BCUT2D eigenvalue weighted by atomic mass is 9.86. The van der Waals surface area contributed by atoms with Crippen LogP contribution in [-0.2, 0) is 23.9 Å². The molecule has 0 aromatic heterocycles. The lowest BCUT2D eigenvalue weighted by Crippen LogP contribution is -2.72. The summed E-state index contributed by atoms with van der Waals surface area (Å²) in [6.45, 7) is 2.30. The zero-order chi connectivity index (χ0) is 25.4. The van der Waals surface area contributed by atoms with Crippen LogP contribution in [0.15, 0.2) is 0 Å². The minimum Gasteiger partial charge on any atom is -0.480 e. The van der Waals surface area contributed by atoms with Crippen molar-refractivity contribution in [3.05, 3.63) is 0 Å². The first-order chi connectivity index (χ1) is 15.2. The van der Waals surface area contributed by atoms with Gasteiger partial charge in [-0.05, 0) is 6.92 Å². The molecule has 0 aromatic rings. The fraction of sp³-hybridized carbons (Fsp3) is 0.833. The Balaban J connectivity index is 2.39. The van der Waals surface area contributed by atoms with E-state index in [1.807, 2.05) is 0 Å². The average molecular weight is 481 g/mol. The van der Waals surface area contributed by atoms with Crippen LogP contribution in [0.3, 0.4) is 0 Å². The summed E-state index contributed by atoms with van der Waals surface area (Å²) in [5, 5.41) is 71.3. The van der Waals surface area contributed by atoms with Crippen LogP contribution < -0.4 is 11.5 Å². The first-order valence-electron chi connectivity index (χ1n) is 10.2. The second-order valence-corrected chi connectivity index (χ2v) is 8.27. The van der Waals surface area contributed by atoms with Gasteiger partial charge in [-0.15, -0.1) is 0 Å². The second-order valence-electron chi connectivity index (χ2n) is 8.27. The number of carbonyl (C=O) groups is 3. The Morgan fingerprint density at radius 2 is 1.45 bits per heavy atom. The molecule has 15 nitrogen and oxygen atoms in total. The Morgan fingerprint density at radius 1 is 0.939 bits per heavy atom. The Kier molecular flexibility index (Phi) is 8.72. The highest BCUT2D eigenvalue weighted by Gasteiger charge is 2.54. The summed E-state index contributed by atoms with van der Waals surface area (Å²) in [5.74, 6) is -3.62. The van der Waals surface area contributed by atoms with Crippen molar-refractivity contribution in [3.63, 3.8) is 0 Å². The fourth-order valence-electron chi connectivity index (χ4n) is 4.08. The van der Waals surface area contributed by atoms with E-state index in [1.54, 1.807) is 0 Å². The van der Waals surface area contributed by atoms with Gasteiger partial charge in [-0.1, -0.05) is 0 Å². The summed E-state index contributed by atoms with van der Waals surface area (Å²) in [4.78, 5) is 35.9. The summed E-state index contributed by atoms with van der Waals surface area (Å²) in [5.41, 5.74) is 11.0. The van der Waals surface area contributed by atoms with Crippen molar-refractivity contribution in [2.75, 3.05) is 0 Å². The number of nitrogens with zero attached hydrogens (tertiary/aromatic N) is 1. The van der Waals surface area contributed by atoms with E-state index < -0.39 is 97.5 Å². The lowest BCUT2D eigenvalue weighted by molar-refractivity contribution is -0.286. The van der Waals surface area contributed by atoms with Gasteiger partial charge in [0.1, 0.15) is 54.9 Å². The summed E-state index contributed by atoms with van der Waals surface area (Å²) in [6, 6.07) is -3.42. The molecule has 12 atom stereocenters. The summed E-state index contributed by atoms with van der Waals surface area (Å²) < 4.78 is 10.9. The molecule has 33 heavy (non-hydrogen) atoms. The van der Waals surface area contributed by atoms with E-state index in [-0.39, 0.29) is 0 Å². The van der Waals surface area contributed by atoms with E-state index in [0.29, 0.717) is 4.90 Å². The predicted molar refractivity (Wildman–Crippen MR) is 105 cm³/mol. The number of aliphatic hydroxyl groups is 6. The maximum absolute atomic E-state index is 12.3. The van der Waals surface area contributed by atoms with Crippen molar-refractivity contribution in [3.8, 4) is 0 Å². The van der Waals surface area contributed by atoms with Crippen LogP contribution in [0.5, 0.6) is 0 Å². The highest BCUT2D eigenvalue weighted by atomic mass is 16.6. The molecule has 0 bridgehead atoms. The number of aliphatic hydroxyl groups excluding tert-OH is 6. The molecule has 0 saturated carbocycles. The molecule has 2 aliphatic rings. The number of carboxylic acid groups (broad SMARTS) is 1. The first-order valence-corrected chi connectivity index (χ1v) is 10.2. The molecule has 2 saturated heterocycles. The molecule has 3 unspecified atom stereocenters. The summed E-state index contributed by atoms with van der Waals surface area (Å²) >= 11 is 0. The molecule has 2 fully saturated rings. The van der Waals surface area contributed by atoms with Gasteiger partial charge < -0.3 is 61.6 Å². The van der Waals surface area contributed by atoms with Gasteiger partial charge in [-0.3, -0.25) is 9.59 Å². The van der Waals surface area contributed by atoms with Gasteiger partial charge in [-0.25, -0.2) is 4.79 Å². The molecule has 2 amide bonds. The van der Waals surface area contributed by atoms with Crippen molar-refractivity contribution < 1.29 is 59.6 Å².